The molecule has 4 bridgehead atoms. The molecule has 0 aliphatic heterocycles. The monoisotopic (exact) mass is 359 g/mol. The zero-order valence-corrected chi connectivity index (χ0v) is 16.3. The minimum absolute atomic E-state index is 0.0375. The Bertz CT molecular complexity index is 713. The van der Waals surface area contributed by atoms with Crippen LogP contribution >= 0.6 is 0 Å². The molecule has 3 nitrogen and oxygen atoms in total. The van der Waals surface area contributed by atoms with Gasteiger partial charge in [0.1, 0.15) is 11.4 Å². The van der Waals surface area contributed by atoms with Gasteiger partial charge in [0.05, 0.1) is 12.5 Å². The fourth-order valence-corrected chi connectivity index (χ4v) is 5.85. The lowest BCUT2D eigenvalue weighted by Crippen LogP contribution is -2.61. The van der Waals surface area contributed by atoms with Gasteiger partial charge in [-0.2, -0.15) is 0 Å². The third-order valence-electron chi connectivity index (χ3n) is 7.07. The van der Waals surface area contributed by atoms with Crippen LogP contribution in [0.3, 0.4) is 0 Å². The summed E-state index contributed by atoms with van der Waals surface area (Å²) < 4.78 is 20.3. The third-order valence-corrected chi connectivity index (χ3v) is 7.07. The lowest BCUT2D eigenvalue weighted by Gasteiger charge is -2.57. The number of halogens is 1. The van der Waals surface area contributed by atoms with E-state index in [0.29, 0.717) is 30.6 Å². The Morgan fingerprint density at radius 1 is 1.19 bits per heavy atom. The first kappa shape index (κ1) is 17.8. The Morgan fingerprint density at radius 2 is 1.85 bits per heavy atom. The van der Waals surface area contributed by atoms with Gasteiger partial charge in [0.2, 0.25) is 5.91 Å². The first-order valence-electron chi connectivity index (χ1n) is 9.86. The Labute approximate surface area is 155 Å². The molecule has 5 atom stereocenters. The van der Waals surface area contributed by atoms with E-state index in [4.69, 9.17) is 4.74 Å². The van der Waals surface area contributed by atoms with Crippen molar-refractivity contribution in [3.8, 4) is 5.75 Å². The topological polar surface area (TPSA) is 38.3 Å². The van der Waals surface area contributed by atoms with Gasteiger partial charge < -0.3 is 10.1 Å². The summed E-state index contributed by atoms with van der Waals surface area (Å²) in [5.74, 6) is 1.95. The molecule has 4 heteroatoms. The quantitative estimate of drug-likeness (QED) is 0.870. The highest BCUT2D eigenvalue weighted by molar-refractivity contribution is 5.87. The standard InChI is InChI=1S/C22H30FNO2/c1-13-5-17(9-18(6-13)26-4)21(2,3)20(25)24-19-15-7-14-8-16(19)12-22(23,10-14)11-15/h5-6,9,14-16,19H,7-8,10-12H2,1-4H3,(H,24,25)/t14?,15-,16+,19+,22+. The van der Waals surface area contributed by atoms with Crippen molar-refractivity contribution < 1.29 is 13.9 Å². The maximum Gasteiger partial charge on any atom is 0.230 e. The summed E-state index contributed by atoms with van der Waals surface area (Å²) in [4.78, 5) is 13.2. The lowest BCUT2D eigenvalue weighted by atomic mass is 9.53. The lowest BCUT2D eigenvalue weighted by molar-refractivity contribution is -0.134. The molecule has 142 valence electrons. The van der Waals surface area contributed by atoms with Crippen LogP contribution in [0, 0.1) is 24.7 Å². The predicted octanol–water partition coefficient (Wildman–Crippen LogP) is 4.31. The van der Waals surface area contributed by atoms with E-state index in [1.807, 2.05) is 32.9 Å². The highest BCUT2D eigenvalue weighted by Gasteiger charge is 2.56. The summed E-state index contributed by atoms with van der Waals surface area (Å²) in [5, 5.41) is 3.33. The van der Waals surface area contributed by atoms with Gasteiger partial charge >= 0.3 is 0 Å². The predicted molar refractivity (Wildman–Crippen MR) is 100 cm³/mol. The third kappa shape index (κ3) is 2.91. The number of hydrogen-bond acceptors (Lipinski definition) is 2. The van der Waals surface area contributed by atoms with Gasteiger partial charge in [0.25, 0.3) is 0 Å². The largest absolute Gasteiger partial charge is 0.497 e. The van der Waals surface area contributed by atoms with Crippen LogP contribution in [0.1, 0.15) is 57.1 Å². The Kier molecular flexibility index (Phi) is 4.09. The van der Waals surface area contributed by atoms with E-state index in [9.17, 15) is 9.18 Å². The van der Waals surface area contributed by atoms with Crippen LogP contribution in [0.15, 0.2) is 18.2 Å². The number of ether oxygens (including phenoxy) is 1. The number of rotatable bonds is 4. The number of nitrogens with one attached hydrogen (secondary N) is 1. The molecule has 5 rings (SSSR count). The first-order chi connectivity index (χ1) is 12.2. The van der Waals surface area contributed by atoms with Crippen LogP contribution in [0.5, 0.6) is 5.75 Å². The smallest absolute Gasteiger partial charge is 0.230 e. The van der Waals surface area contributed by atoms with E-state index in [0.717, 1.165) is 36.1 Å². The van der Waals surface area contributed by atoms with Gasteiger partial charge in [-0.1, -0.05) is 6.07 Å². The highest BCUT2D eigenvalue weighted by atomic mass is 19.1. The zero-order chi connectivity index (χ0) is 18.7. The molecule has 0 aromatic heterocycles. The first-order valence-corrected chi connectivity index (χ1v) is 9.86. The van der Waals surface area contributed by atoms with Gasteiger partial charge in [-0.15, -0.1) is 0 Å². The molecule has 0 saturated heterocycles. The van der Waals surface area contributed by atoms with Crippen molar-refractivity contribution in [1.82, 2.24) is 5.32 Å². The normalized spacial score (nSPS) is 35.4. The molecular weight excluding hydrogens is 329 g/mol. The molecule has 4 saturated carbocycles. The Hall–Kier alpha value is -1.58. The number of aryl methyl sites for hydroxylation is 1. The number of hydrogen-bond donors (Lipinski definition) is 1. The van der Waals surface area contributed by atoms with Crippen molar-refractivity contribution in [2.24, 2.45) is 17.8 Å². The van der Waals surface area contributed by atoms with Crippen LogP contribution < -0.4 is 10.1 Å². The molecule has 0 spiro atoms. The summed E-state index contributed by atoms with van der Waals surface area (Å²) in [6.45, 7) is 5.94. The number of alkyl halides is 1. The van der Waals surface area contributed by atoms with Gasteiger partial charge in [-0.3, -0.25) is 4.79 Å². The number of methoxy groups -OCH3 is 1. The van der Waals surface area contributed by atoms with Crippen LogP contribution in [-0.2, 0) is 10.2 Å². The summed E-state index contributed by atoms with van der Waals surface area (Å²) in [6, 6.07) is 6.10. The summed E-state index contributed by atoms with van der Waals surface area (Å²) in [6.07, 6.45) is 4.15. The second kappa shape index (κ2) is 5.97. The van der Waals surface area contributed by atoms with Gasteiger partial charge in [-0.05, 0) is 93.9 Å². The van der Waals surface area contributed by atoms with Crippen LogP contribution in [0.4, 0.5) is 4.39 Å². The average molecular weight is 359 g/mol. The zero-order valence-electron chi connectivity index (χ0n) is 16.3. The van der Waals surface area contributed by atoms with Crippen molar-refractivity contribution in [2.45, 2.75) is 70.0 Å². The van der Waals surface area contributed by atoms with Gasteiger partial charge in [0.15, 0.2) is 0 Å². The van der Waals surface area contributed by atoms with Crippen molar-refractivity contribution >= 4 is 5.91 Å². The summed E-state index contributed by atoms with van der Waals surface area (Å²) in [7, 11) is 1.65. The van der Waals surface area contributed by atoms with E-state index in [-0.39, 0.29) is 11.9 Å². The van der Waals surface area contributed by atoms with Crippen molar-refractivity contribution in [3.05, 3.63) is 29.3 Å². The number of benzene rings is 1. The van der Waals surface area contributed by atoms with E-state index in [1.54, 1.807) is 7.11 Å². The van der Waals surface area contributed by atoms with Crippen molar-refractivity contribution in [3.63, 3.8) is 0 Å². The van der Waals surface area contributed by atoms with E-state index in [2.05, 4.69) is 11.4 Å². The maximum atomic E-state index is 14.9. The van der Waals surface area contributed by atoms with E-state index >= 15 is 0 Å². The Balaban J connectivity index is 1.54. The molecule has 4 fully saturated rings. The molecule has 4 aliphatic rings. The van der Waals surface area contributed by atoms with E-state index in [1.165, 1.54) is 0 Å². The molecule has 1 aromatic carbocycles. The molecule has 1 unspecified atom stereocenters. The second-order valence-electron chi connectivity index (χ2n) is 9.48. The van der Waals surface area contributed by atoms with Gasteiger partial charge in [0, 0.05) is 6.04 Å². The van der Waals surface area contributed by atoms with Crippen LogP contribution in [0.25, 0.3) is 0 Å². The van der Waals surface area contributed by atoms with Crippen LogP contribution in [0.2, 0.25) is 0 Å². The minimum atomic E-state index is -0.961. The molecule has 0 radical (unpaired) electrons. The second-order valence-corrected chi connectivity index (χ2v) is 9.48. The average Bonchev–Trinajstić information content (AvgIpc) is 2.55. The summed E-state index contributed by atoms with van der Waals surface area (Å²) >= 11 is 0. The fraction of sp³-hybridized carbons (Fsp3) is 0.682. The number of carbonyl (C=O) groups excluding carboxylic acids is 1. The van der Waals surface area contributed by atoms with Gasteiger partial charge in [-0.25, -0.2) is 4.39 Å². The molecule has 1 N–H and O–H groups in total. The number of carbonyl (C=O) groups is 1. The fourth-order valence-electron chi connectivity index (χ4n) is 5.85. The molecule has 1 aromatic rings. The SMILES string of the molecule is COc1cc(C)cc(C(C)(C)C(=O)N[C@H]2[C@@H]3CC4C[C@H]2C[C@](F)(C4)C3)c1. The minimum Gasteiger partial charge on any atom is -0.497 e. The van der Waals surface area contributed by atoms with Crippen molar-refractivity contribution in [2.75, 3.05) is 7.11 Å². The van der Waals surface area contributed by atoms with Crippen LogP contribution in [-0.4, -0.2) is 24.7 Å². The molecule has 0 heterocycles. The molecular formula is C22H30FNO2. The highest BCUT2D eigenvalue weighted by Crippen LogP contribution is 2.57. The van der Waals surface area contributed by atoms with Crippen molar-refractivity contribution in [1.29, 1.82) is 0 Å². The molecule has 4 aliphatic carbocycles. The number of amides is 1. The maximum absolute atomic E-state index is 14.9. The molecule has 1 amide bonds. The molecule has 26 heavy (non-hydrogen) atoms. The Morgan fingerprint density at radius 3 is 2.42 bits per heavy atom. The summed E-state index contributed by atoms with van der Waals surface area (Å²) in [5.41, 5.74) is 0.422. The van der Waals surface area contributed by atoms with E-state index < -0.39 is 11.1 Å².